The highest BCUT2D eigenvalue weighted by Crippen LogP contribution is 2.62. The van der Waals surface area contributed by atoms with Crippen molar-refractivity contribution >= 4 is 29.0 Å². The topological polar surface area (TPSA) is 74.6 Å². The number of aromatic nitrogens is 1. The van der Waals surface area contributed by atoms with E-state index in [-0.39, 0.29) is 17.1 Å². The fourth-order valence-corrected chi connectivity index (χ4v) is 7.45. The maximum absolute atomic E-state index is 13.3. The molecule has 3 aliphatic carbocycles. The number of nitrogens with one attached hydrogen (secondary N) is 1. The summed E-state index contributed by atoms with van der Waals surface area (Å²) in [7, 11) is 0. The van der Waals surface area contributed by atoms with Crippen LogP contribution in [0.2, 0.25) is 5.02 Å². The number of carbonyl (C=O) groups excluding carboxylic acids is 1. The molecule has 1 heterocycles. The minimum Gasteiger partial charge on any atom is -0.411 e. The smallest absolute Gasteiger partial charge is 0.225 e. The van der Waals surface area contributed by atoms with Gasteiger partial charge in [0.2, 0.25) is 11.9 Å². The fourth-order valence-electron chi connectivity index (χ4n) is 7.26. The standard InChI is InChI=1S/C27H31ClFN3O2/c1-27-13-12-20-19-11-9-18(28)14-16(19)8-10-21(20)26(27)17(15-22(27)32-34)4-2-7-25(33)31-24-6-3-5-23(29)30-24/h3,5-6,9,11,14,17,20-21,26,34H,2,4,7-8,10,12-13,15H2,1H3,(H,30,31,33)/b32-22+/t17-,20?,21?,26?,27-/m1/s1. The van der Waals surface area contributed by atoms with Crippen molar-refractivity contribution in [3.8, 4) is 0 Å². The van der Waals surface area contributed by atoms with Gasteiger partial charge in [0.05, 0.1) is 5.71 Å². The third kappa shape index (κ3) is 4.21. The van der Waals surface area contributed by atoms with Gasteiger partial charge in [-0.3, -0.25) is 4.79 Å². The quantitative estimate of drug-likeness (QED) is 0.286. The first-order valence-corrected chi connectivity index (χ1v) is 12.7. The summed E-state index contributed by atoms with van der Waals surface area (Å²) < 4.78 is 13.3. The molecule has 0 saturated heterocycles. The summed E-state index contributed by atoms with van der Waals surface area (Å²) in [6.45, 7) is 2.28. The van der Waals surface area contributed by atoms with E-state index in [1.54, 1.807) is 6.07 Å². The van der Waals surface area contributed by atoms with E-state index in [0.29, 0.717) is 30.1 Å². The van der Waals surface area contributed by atoms with Gasteiger partial charge in [-0.05, 0) is 104 Å². The number of benzene rings is 1. The molecule has 5 rings (SSSR count). The summed E-state index contributed by atoms with van der Waals surface area (Å²) >= 11 is 6.27. The van der Waals surface area contributed by atoms with E-state index >= 15 is 0 Å². The number of rotatable bonds is 5. The number of hydrogen-bond donors (Lipinski definition) is 2. The zero-order valence-electron chi connectivity index (χ0n) is 19.4. The Morgan fingerprint density at radius 1 is 1.32 bits per heavy atom. The van der Waals surface area contributed by atoms with Crippen LogP contribution in [0.15, 0.2) is 41.6 Å². The Morgan fingerprint density at radius 3 is 2.97 bits per heavy atom. The predicted octanol–water partition coefficient (Wildman–Crippen LogP) is 6.60. The molecular formula is C27H31ClFN3O2. The zero-order chi connectivity index (χ0) is 23.9. The molecule has 7 heteroatoms. The van der Waals surface area contributed by atoms with Crippen LogP contribution >= 0.6 is 11.6 Å². The lowest BCUT2D eigenvalue weighted by Gasteiger charge is -2.50. The molecule has 5 nitrogen and oxygen atoms in total. The number of pyridine rings is 1. The van der Waals surface area contributed by atoms with Gasteiger partial charge >= 0.3 is 0 Å². The van der Waals surface area contributed by atoms with Gasteiger partial charge in [-0.1, -0.05) is 35.8 Å². The summed E-state index contributed by atoms with van der Waals surface area (Å²) in [5.41, 5.74) is 3.66. The van der Waals surface area contributed by atoms with Gasteiger partial charge in [0.15, 0.2) is 0 Å². The fraction of sp³-hybridized carbons (Fsp3) is 0.519. The number of carbonyl (C=O) groups is 1. The molecule has 5 atom stereocenters. The molecular weight excluding hydrogens is 453 g/mol. The molecule has 0 aliphatic heterocycles. The van der Waals surface area contributed by atoms with Crippen LogP contribution in [-0.2, 0) is 11.2 Å². The molecule has 2 N–H and O–H groups in total. The van der Waals surface area contributed by atoms with Crippen molar-refractivity contribution in [1.29, 1.82) is 0 Å². The number of hydrogen-bond acceptors (Lipinski definition) is 4. The second-order valence-corrected chi connectivity index (χ2v) is 10.9. The van der Waals surface area contributed by atoms with Crippen LogP contribution in [0.1, 0.15) is 68.9 Å². The van der Waals surface area contributed by atoms with Crippen molar-refractivity contribution in [2.24, 2.45) is 28.3 Å². The highest BCUT2D eigenvalue weighted by molar-refractivity contribution is 6.30. The molecule has 2 saturated carbocycles. The predicted molar refractivity (Wildman–Crippen MR) is 131 cm³/mol. The van der Waals surface area contributed by atoms with Crippen LogP contribution in [-0.4, -0.2) is 21.8 Å². The van der Waals surface area contributed by atoms with Gasteiger partial charge in [-0.25, -0.2) is 4.98 Å². The van der Waals surface area contributed by atoms with E-state index < -0.39 is 5.95 Å². The molecule has 1 aromatic heterocycles. The van der Waals surface area contributed by atoms with E-state index in [9.17, 15) is 14.4 Å². The van der Waals surface area contributed by atoms with Crippen molar-refractivity contribution in [2.75, 3.05) is 5.32 Å². The minimum atomic E-state index is -0.609. The molecule has 0 radical (unpaired) electrons. The lowest BCUT2D eigenvalue weighted by atomic mass is 9.54. The van der Waals surface area contributed by atoms with Gasteiger partial charge < -0.3 is 10.5 Å². The Hall–Kier alpha value is -2.47. The molecule has 2 fully saturated rings. The van der Waals surface area contributed by atoms with Crippen molar-refractivity contribution in [1.82, 2.24) is 4.98 Å². The zero-order valence-corrected chi connectivity index (χ0v) is 20.2. The molecule has 180 valence electrons. The number of aryl methyl sites for hydroxylation is 1. The van der Waals surface area contributed by atoms with Crippen LogP contribution in [0.4, 0.5) is 10.2 Å². The summed E-state index contributed by atoms with van der Waals surface area (Å²) in [5, 5.41) is 17.1. The third-order valence-corrected chi connectivity index (χ3v) is 8.88. The monoisotopic (exact) mass is 483 g/mol. The summed E-state index contributed by atoms with van der Waals surface area (Å²) in [6, 6.07) is 10.7. The lowest BCUT2D eigenvalue weighted by Crippen LogP contribution is -2.44. The van der Waals surface area contributed by atoms with Crippen molar-refractivity contribution in [3.63, 3.8) is 0 Å². The molecule has 0 spiro atoms. The van der Waals surface area contributed by atoms with E-state index in [1.165, 1.54) is 23.3 Å². The summed E-state index contributed by atoms with van der Waals surface area (Å²) in [5.74, 6) is 1.36. The summed E-state index contributed by atoms with van der Waals surface area (Å²) in [6.07, 6.45) is 7.06. The normalized spacial score (nSPS) is 31.0. The van der Waals surface area contributed by atoms with E-state index in [1.807, 2.05) is 6.07 Å². The number of nitrogens with zero attached hydrogens (tertiary/aromatic N) is 2. The van der Waals surface area contributed by atoms with E-state index in [4.69, 9.17) is 11.6 Å². The molecule has 1 aromatic carbocycles. The van der Waals surface area contributed by atoms with Gasteiger partial charge in [0.25, 0.3) is 0 Å². The lowest BCUT2D eigenvalue weighted by molar-refractivity contribution is -0.116. The highest BCUT2D eigenvalue weighted by Gasteiger charge is 2.57. The number of fused-ring (bicyclic) bond motifs is 5. The van der Waals surface area contributed by atoms with Crippen molar-refractivity contribution in [3.05, 3.63) is 58.5 Å². The highest BCUT2D eigenvalue weighted by atomic mass is 35.5. The van der Waals surface area contributed by atoms with Crippen molar-refractivity contribution < 1.29 is 14.4 Å². The molecule has 34 heavy (non-hydrogen) atoms. The van der Waals surface area contributed by atoms with Crippen LogP contribution in [0.5, 0.6) is 0 Å². The van der Waals surface area contributed by atoms with Crippen molar-refractivity contribution in [2.45, 2.75) is 64.2 Å². The second-order valence-electron chi connectivity index (χ2n) is 10.4. The van der Waals surface area contributed by atoms with Crippen LogP contribution in [0, 0.1) is 29.1 Å². The second kappa shape index (κ2) is 9.29. The largest absolute Gasteiger partial charge is 0.411 e. The first kappa shape index (κ1) is 23.3. The van der Waals surface area contributed by atoms with Gasteiger partial charge in [0, 0.05) is 16.9 Å². The minimum absolute atomic E-state index is 0.0851. The van der Waals surface area contributed by atoms with E-state index in [2.05, 4.69) is 34.5 Å². The Bertz CT molecular complexity index is 1120. The number of oxime groups is 1. The molecule has 3 unspecified atom stereocenters. The van der Waals surface area contributed by atoms with Crippen LogP contribution < -0.4 is 5.32 Å². The van der Waals surface area contributed by atoms with Gasteiger partial charge in [-0.2, -0.15) is 4.39 Å². The Morgan fingerprint density at radius 2 is 2.18 bits per heavy atom. The average molecular weight is 484 g/mol. The summed E-state index contributed by atoms with van der Waals surface area (Å²) in [4.78, 5) is 16.1. The Balaban J connectivity index is 1.29. The number of amides is 1. The number of anilines is 1. The molecule has 0 bridgehead atoms. The maximum Gasteiger partial charge on any atom is 0.225 e. The molecule has 3 aliphatic rings. The third-order valence-electron chi connectivity index (χ3n) is 8.64. The van der Waals surface area contributed by atoms with Gasteiger partial charge in [-0.15, -0.1) is 0 Å². The SMILES string of the molecule is C[C@]12CCC3c4ccc(Cl)cc4CCC3C1[C@H](CCCC(=O)Nc1cccc(F)n1)C/C2=N\O. The Kier molecular flexibility index (Phi) is 6.36. The maximum atomic E-state index is 13.3. The van der Waals surface area contributed by atoms with Crippen LogP contribution in [0.25, 0.3) is 0 Å². The van der Waals surface area contributed by atoms with Crippen LogP contribution in [0.3, 0.4) is 0 Å². The molecule has 2 aromatic rings. The molecule has 1 amide bonds. The first-order valence-electron chi connectivity index (χ1n) is 12.3. The number of halogens is 2. The Labute approximate surface area is 204 Å². The van der Waals surface area contributed by atoms with E-state index in [0.717, 1.165) is 55.7 Å². The van der Waals surface area contributed by atoms with Gasteiger partial charge in [0.1, 0.15) is 5.82 Å². The average Bonchev–Trinajstić information content (AvgIpc) is 3.10. The first-order chi connectivity index (χ1) is 16.4.